The SMILES string of the molecule is CC(CCO)Nc1ncccc1C#N. The highest BCUT2D eigenvalue weighted by Gasteiger charge is 2.05. The second-order valence-corrected chi connectivity index (χ2v) is 3.07. The van der Waals surface area contributed by atoms with Crippen molar-refractivity contribution in [1.29, 1.82) is 5.26 Å². The van der Waals surface area contributed by atoms with E-state index in [0.717, 1.165) is 0 Å². The van der Waals surface area contributed by atoms with Crippen molar-refractivity contribution in [2.45, 2.75) is 19.4 Å². The van der Waals surface area contributed by atoms with E-state index in [1.165, 1.54) is 0 Å². The molecule has 1 aromatic heterocycles. The first-order valence-electron chi connectivity index (χ1n) is 4.50. The zero-order valence-electron chi connectivity index (χ0n) is 8.07. The second-order valence-electron chi connectivity index (χ2n) is 3.07. The minimum absolute atomic E-state index is 0.113. The lowest BCUT2D eigenvalue weighted by Crippen LogP contribution is -2.18. The van der Waals surface area contributed by atoms with Crippen molar-refractivity contribution in [2.75, 3.05) is 11.9 Å². The van der Waals surface area contributed by atoms with E-state index in [2.05, 4.69) is 16.4 Å². The minimum atomic E-state index is 0.113. The molecule has 0 aliphatic carbocycles. The zero-order valence-corrected chi connectivity index (χ0v) is 8.07. The number of pyridine rings is 1. The summed E-state index contributed by atoms with van der Waals surface area (Å²) >= 11 is 0. The van der Waals surface area contributed by atoms with E-state index in [4.69, 9.17) is 10.4 Å². The maximum absolute atomic E-state index is 8.78. The largest absolute Gasteiger partial charge is 0.396 e. The Kier molecular flexibility index (Phi) is 3.89. The molecule has 74 valence electrons. The number of aliphatic hydroxyl groups is 1. The smallest absolute Gasteiger partial charge is 0.144 e. The highest BCUT2D eigenvalue weighted by molar-refractivity contribution is 5.51. The summed E-state index contributed by atoms with van der Waals surface area (Å²) in [6.07, 6.45) is 2.27. The number of nitriles is 1. The highest BCUT2D eigenvalue weighted by atomic mass is 16.3. The van der Waals surface area contributed by atoms with Gasteiger partial charge in [0.2, 0.25) is 0 Å². The third-order valence-corrected chi connectivity index (χ3v) is 1.87. The summed E-state index contributed by atoms with van der Waals surface area (Å²) in [5.41, 5.74) is 0.525. The minimum Gasteiger partial charge on any atom is -0.396 e. The number of aliphatic hydroxyl groups excluding tert-OH is 1. The Morgan fingerprint density at radius 1 is 1.71 bits per heavy atom. The molecule has 0 aromatic carbocycles. The molecule has 0 fully saturated rings. The first-order valence-corrected chi connectivity index (χ1v) is 4.50. The Hall–Kier alpha value is -1.60. The lowest BCUT2D eigenvalue weighted by atomic mass is 10.2. The van der Waals surface area contributed by atoms with Gasteiger partial charge in [-0.25, -0.2) is 4.98 Å². The molecule has 0 bridgehead atoms. The van der Waals surface area contributed by atoms with Crippen LogP contribution in [0.3, 0.4) is 0 Å². The third kappa shape index (κ3) is 2.71. The predicted molar refractivity (Wildman–Crippen MR) is 53.7 cm³/mol. The number of aromatic nitrogens is 1. The molecule has 4 nitrogen and oxygen atoms in total. The third-order valence-electron chi connectivity index (χ3n) is 1.87. The first-order chi connectivity index (χ1) is 6.77. The monoisotopic (exact) mass is 191 g/mol. The lowest BCUT2D eigenvalue weighted by molar-refractivity contribution is 0.282. The summed E-state index contributed by atoms with van der Waals surface area (Å²) in [7, 11) is 0. The maximum Gasteiger partial charge on any atom is 0.144 e. The fraction of sp³-hybridized carbons (Fsp3) is 0.400. The second kappa shape index (κ2) is 5.20. The number of anilines is 1. The Morgan fingerprint density at radius 3 is 3.14 bits per heavy atom. The van der Waals surface area contributed by atoms with E-state index in [0.29, 0.717) is 17.8 Å². The average Bonchev–Trinajstić information content (AvgIpc) is 2.19. The van der Waals surface area contributed by atoms with E-state index in [-0.39, 0.29) is 12.6 Å². The molecular formula is C10H13N3O. The summed E-state index contributed by atoms with van der Waals surface area (Å²) in [5, 5.41) is 20.6. The van der Waals surface area contributed by atoms with E-state index >= 15 is 0 Å². The maximum atomic E-state index is 8.78. The quantitative estimate of drug-likeness (QED) is 0.748. The van der Waals surface area contributed by atoms with E-state index in [1.807, 2.05) is 6.92 Å². The van der Waals surface area contributed by atoms with E-state index in [1.54, 1.807) is 18.3 Å². The Bertz CT molecular complexity index is 332. The Labute approximate surface area is 83.2 Å². The molecule has 1 rings (SSSR count). The van der Waals surface area contributed by atoms with Crippen molar-refractivity contribution < 1.29 is 5.11 Å². The van der Waals surface area contributed by atoms with Gasteiger partial charge in [0.15, 0.2) is 0 Å². The molecule has 0 amide bonds. The molecule has 0 saturated carbocycles. The lowest BCUT2D eigenvalue weighted by Gasteiger charge is -2.13. The van der Waals surface area contributed by atoms with Gasteiger partial charge in [0.25, 0.3) is 0 Å². The molecule has 0 aliphatic heterocycles. The van der Waals surface area contributed by atoms with Crippen LogP contribution in [-0.2, 0) is 0 Å². The van der Waals surface area contributed by atoms with Gasteiger partial charge in [-0.05, 0) is 25.5 Å². The number of hydrogen-bond acceptors (Lipinski definition) is 4. The van der Waals surface area contributed by atoms with Crippen LogP contribution < -0.4 is 5.32 Å². The molecule has 1 atom stereocenters. The summed E-state index contributed by atoms with van der Waals surface area (Å²) in [5.74, 6) is 0.580. The van der Waals surface area contributed by atoms with Gasteiger partial charge in [0, 0.05) is 18.8 Å². The van der Waals surface area contributed by atoms with Gasteiger partial charge in [0.05, 0.1) is 5.56 Å². The van der Waals surface area contributed by atoms with Gasteiger partial charge < -0.3 is 10.4 Å². The molecule has 1 heterocycles. The van der Waals surface area contributed by atoms with Crippen molar-refractivity contribution in [2.24, 2.45) is 0 Å². The predicted octanol–water partition coefficient (Wildman–Crippen LogP) is 1.14. The molecule has 0 radical (unpaired) electrons. The number of nitrogens with zero attached hydrogens (tertiary/aromatic N) is 2. The van der Waals surface area contributed by atoms with Crippen molar-refractivity contribution in [3.8, 4) is 6.07 Å². The average molecular weight is 191 g/mol. The fourth-order valence-corrected chi connectivity index (χ4v) is 1.11. The summed E-state index contributed by atoms with van der Waals surface area (Å²) in [6, 6.07) is 5.60. The standard InChI is InChI=1S/C10H13N3O/c1-8(4-6-14)13-10-9(7-11)3-2-5-12-10/h2-3,5,8,14H,4,6H2,1H3,(H,12,13). The van der Waals surface area contributed by atoms with Gasteiger partial charge in [-0.1, -0.05) is 0 Å². The van der Waals surface area contributed by atoms with Crippen molar-refractivity contribution in [3.63, 3.8) is 0 Å². The van der Waals surface area contributed by atoms with Crippen molar-refractivity contribution in [3.05, 3.63) is 23.9 Å². The molecule has 1 aromatic rings. The van der Waals surface area contributed by atoms with Crippen LogP contribution >= 0.6 is 0 Å². The van der Waals surface area contributed by atoms with Crippen molar-refractivity contribution in [1.82, 2.24) is 4.98 Å². The van der Waals surface area contributed by atoms with Crippen LogP contribution in [0.15, 0.2) is 18.3 Å². The van der Waals surface area contributed by atoms with E-state index < -0.39 is 0 Å². The normalized spacial score (nSPS) is 11.8. The van der Waals surface area contributed by atoms with Gasteiger partial charge in [-0.15, -0.1) is 0 Å². The van der Waals surface area contributed by atoms with Crippen LogP contribution in [-0.4, -0.2) is 22.7 Å². The highest BCUT2D eigenvalue weighted by Crippen LogP contribution is 2.11. The Balaban J connectivity index is 2.71. The molecule has 14 heavy (non-hydrogen) atoms. The van der Waals surface area contributed by atoms with Gasteiger partial charge in [-0.2, -0.15) is 5.26 Å². The topological polar surface area (TPSA) is 68.9 Å². The van der Waals surface area contributed by atoms with Crippen LogP contribution in [0.4, 0.5) is 5.82 Å². The first kappa shape index (κ1) is 10.5. The van der Waals surface area contributed by atoms with Gasteiger partial charge >= 0.3 is 0 Å². The zero-order chi connectivity index (χ0) is 10.4. The molecule has 4 heteroatoms. The summed E-state index contributed by atoms with van der Waals surface area (Å²) in [6.45, 7) is 2.06. The number of nitrogens with one attached hydrogen (secondary N) is 1. The summed E-state index contributed by atoms with van der Waals surface area (Å²) in [4.78, 5) is 4.06. The van der Waals surface area contributed by atoms with Crippen LogP contribution in [0.2, 0.25) is 0 Å². The van der Waals surface area contributed by atoms with Crippen LogP contribution in [0, 0.1) is 11.3 Å². The molecular weight excluding hydrogens is 178 g/mol. The van der Waals surface area contributed by atoms with Crippen LogP contribution in [0.25, 0.3) is 0 Å². The Morgan fingerprint density at radius 2 is 2.50 bits per heavy atom. The number of rotatable bonds is 4. The van der Waals surface area contributed by atoms with Gasteiger partial charge in [0.1, 0.15) is 11.9 Å². The molecule has 0 aliphatic rings. The van der Waals surface area contributed by atoms with Crippen LogP contribution in [0.1, 0.15) is 18.9 Å². The fourth-order valence-electron chi connectivity index (χ4n) is 1.11. The number of hydrogen-bond donors (Lipinski definition) is 2. The molecule has 0 spiro atoms. The van der Waals surface area contributed by atoms with E-state index in [9.17, 15) is 0 Å². The molecule has 2 N–H and O–H groups in total. The van der Waals surface area contributed by atoms with Gasteiger partial charge in [-0.3, -0.25) is 0 Å². The summed E-state index contributed by atoms with van der Waals surface area (Å²) < 4.78 is 0. The van der Waals surface area contributed by atoms with Crippen LogP contribution in [0.5, 0.6) is 0 Å². The molecule has 1 unspecified atom stereocenters. The molecule has 0 saturated heterocycles. The van der Waals surface area contributed by atoms with Crippen molar-refractivity contribution >= 4 is 5.82 Å².